The molecule has 2 fully saturated rings. The Morgan fingerprint density at radius 3 is 2.50 bits per heavy atom. The lowest BCUT2D eigenvalue weighted by Crippen LogP contribution is -2.40. The van der Waals surface area contributed by atoms with Crippen LogP contribution in [-0.2, 0) is 14.3 Å². The Hall–Kier alpha value is -2.57. The fourth-order valence-corrected chi connectivity index (χ4v) is 6.30. The number of hydrogen-bond donors (Lipinski definition) is 0. The predicted octanol–water partition coefficient (Wildman–Crippen LogP) is 5.07. The number of furan rings is 1. The molecule has 0 radical (unpaired) electrons. The van der Waals surface area contributed by atoms with E-state index in [9.17, 15) is 9.59 Å². The molecule has 1 aliphatic carbocycles. The first-order valence-corrected chi connectivity index (χ1v) is 12.8. The number of benzene rings is 1. The molecule has 4 unspecified atom stereocenters. The molecule has 1 aromatic heterocycles. The van der Waals surface area contributed by atoms with E-state index in [-0.39, 0.29) is 35.5 Å². The van der Waals surface area contributed by atoms with Crippen LogP contribution in [0.1, 0.15) is 61.9 Å². The van der Waals surface area contributed by atoms with E-state index in [4.69, 9.17) is 20.8 Å². The minimum Gasteiger partial charge on any atom is -0.483 e. The third-order valence-electron chi connectivity index (χ3n) is 7.87. The maximum Gasteiger partial charge on any atom is 0.290 e. The standard InChI is InChI=1S/C27H29ClN2O4/c28-18-11-9-17(10-12-18)24-23-25(31)19-6-1-2-7-21(19)34-26(23)27(32)30(24)16-20(22-8-5-15-33-22)29-13-3-4-14-29/h5,8-12,15,19-21,24H,1-4,6-7,13-14,16H2. The quantitative estimate of drug-likeness (QED) is 0.598. The van der Waals surface area contributed by atoms with Crippen LogP contribution >= 0.6 is 11.6 Å². The second-order valence-corrected chi connectivity index (χ2v) is 10.3. The molecular formula is C27H29ClN2O4. The van der Waals surface area contributed by atoms with Gasteiger partial charge in [0.05, 0.1) is 29.8 Å². The van der Waals surface area contributed by atoms with Gasteiger partial charge in [-0.2, -0.15) is 0 Å². The largest absolute Gasteiger partial charge is 0.483 e. The summed E-state index contributed by atoms with van der Waals surface area (Å²) in [5, 5.41) is 0.623. The van der Waals surface area contributed by atoms with Gasteiger partial charge in [-0.15, -0.1) is 0 Å². The smallest absolute Gasteiger partial charge is 0.290 e. The number of carbonyl (C=O) groups is 2. The van der Waals surface area contributed by atoms with Gasteiger partial charge in [0.2, 0.25) is 0 Å². The zero-order valence-corrected chi connectivity index (χ0v) is 19.9. The van der Waals surface area contributed by atoms with E-state index in [1.165, 1.54) is 0 Å². The highest BCUT2D eigenvalue weighted by Crippen LogP contribution is 2.47. The number of amides is 1. The summed E-state index contributed by atoms with van der Waals surface area (Å²) in [7, 11) is 0. The summed E-state index contributed by atoms with van der Waals surface area (Å²) in [5.41, 5.74) is 1.41. The Labute approximate surface area is 204 Å². The van der Waals surface area contributed by atoms with Crippen molar-refractivity contribution in [2.45, 2.75) is 56.7 Å². The highest BCUT2D eigenvalue weighted by Gasteiger charge is 2.52. The number of nitrogens with zero attached hydrogens (tertiary/aromatic N) is 2. The maximum atomic E-state index is 13.8. The summed E-state index contributed by atoms with van der Waals surface area (Å²) >= 11 is 6.18. The molecule has 1 saturated carbocycles. The maximum absolute atomic E-state index is 13.8. The first-order valence-electron chi connectivity index (χ1n) is 12.4. The van der Waals surface area contributed by atoms with Gasteiger partial charge in [0.25, 0.3) is 5.91 Å². The van der Waals surface area contributed by atoms with Crippen LogP contribution in [0.2, 0.25) is 5.02 Å². The Morgan fingerprint density at radius 1 is 1.00 bits per heavy atom. The number of Topliss-reactive ketones (excluding diaryl/α,β-unsaturated/α-hetero) is 1. The number of carbonyl (C=O) groups excluding carboxylic acids is 2. The molecule has 4 heterocycles. The number of ether oxygens (including phenoxy) is 1. The number of fused-ring (bicyclic) bond motifs is 1. The number of ketones is 1. The monoisotopic (exact) mass is 480 g/mol. The third-order valence-corrected chi connectivity index (χ3v) is 8.12. The van der Waals surface area contributed by atoms with Gasteiger partial charge in [-0.05, 0) is 75.0 Å². The van der Waals surface area contributed by atoms with Crippen molar-refractivity contribution in [3.05, 3.63) is 70.3 Å². The van der Waals surface area contributed by atoms with Gasteiger partial charge in [-0.1, -0.05) is 30.2 Å². The molecule has 0 spiro atoms. The molecule has 178 valence electrons. The van der Waals surface area contributed by atoms with Crippen molar-refractivity contribution in [1.82, 2.24) is 9.80 Å². The summed E-state index contributed by atoms with van der Waals surface area (Å²) in [6.07, 6.45) is 7.47. The van der Waals surface area contributed by atoms with E-state index in [0.717, 1.165) is 62.9 Å². The fourth-order valence-electron chi connectivity index (χ4n) is 6.18. The molecule has 0 N–H and O–H groups in total. The summed E-state index contributed by atoms with van der Waals surface area (Å²) in [5.74, 6) is 0.832. The molecule has 1 saturated heterocycles. The van der Waals surface area contributed by atoms with E-state index in [0.29, 0.717) is 17.1 Å². The molecule has 1 amide bonds. The molecule has 1 aromatic carbocycles. The fraction of sp³-hybridized carbons (Fsp3) is 0.481. The first-order chi connectivity index (χ1) is 16.6. The zero-order chi connectivity index (χ0) is 23.2. The van der Waals surface area contributed by atoms with Crippen LogP contribution in [-0.4, -0.2) is 47.2 Å². The van der Waals surface area contributed by atoms with Crippen LogP contribution in [0, 0.1) is 5.92 Å². The lowest BCUT2D eigenvalue weighted by Gasteiger charge is -2.36. The average Bonchev–Trinajstić information content (AvgIpc) is 3.61. The molecule has 34 heavy (non-hydrogen) atoms. The average molecular weight is 481 g/mol. The number of likely N-dealkylation sites (tertiary alicyclic amines) is 1. The van der Waals surface area contributed by atoms with E-state index < -0.39 is 6.04 Å². The highest BCUT2D eigenvalue weighted by atomic mass is 35.5. The molecule has 6 rings (SSSR count). The lowest BCUT2D eigenvalue weighted by molar-refractivity contribution is -0.136. The molecule has 7 heteroatoms. The van der Waals surface area contributed by atoms with Crippen molar-refractivity contribution in [3.63, 3.8) is 0 Å². The van der Waals surface area contributed by atoms with Crippen molar-refractivity contribution in [1.29, 1.82) is 0 Å². The molecule has 0 bridgehead atoms. The Morgan fingerprint density at radius 2 is 1.76 bits per heavy atom. The van der Waals surface area contributed by atoms with E-state index in [2.05, 4.69) is 4.90 Å². The SMILES string of the molecule is O=C1C2=C(OC3CCCCC13)C(=O)N(CC(c1ccco1)N1CCCC1)C2c1ccc(Cl)cc1. The molecule has 4 aliphatic rings. The van der Waals surface area contributed by atoms with Gasteiger partial charge >= 0.3 is 0 Å². The van der Waals surface area contributed by atoms with Crippen molar-refractivity contribution < 1.29 is 18.7 Å². The van der Waals surface area contributed by atoms with Gasteiger partial charge in [0.1, 0.15) is 11.9 Å². The Kier molecular flexibility index (Phi) is 5.74. The second kappa shape index (κ2) is 8.90. The molecule has 2 aromatic rings. The van der Waals surface area contributed by atoms with E-state index in [1.54, 1.807) is 6.26 Å². The Balaban J connectivity index is 1.40. The van der Waals surface area contributed by atoms with Gasteiger partial charge in [-0.25, -0.2) is 0 Å². The van der Waals surface area contributed by atoms with Gasteiger partial charge in [0.15, 0.2) is 11.5 Å². The van der Waals surface area contributed by atoms with Crippen LogP contribution < -0.4 is 0 Å². The first kappa shape index (κ1) is 21.9. The number of halogens is 1. The van der Waals surface area contributed by atoms with E-state index >= 15 is 0 Å². The van der Waals surface area contributed by atoms with Crippen molar-refractivity contribution in [2.24, 2.45) is 5.92 Å². The van der Waals surface area contributed by atoms with Gasteiger partial charge in [-0.3, -0.25) is 14.5 Å². The minimum absolute atomic E-state index is 0.0741. The van der Waals surface area contributed by atoms with Crippen LogP contribution in [0.5, 0.6) is 0 Å². The highest BCUT2D eigenvalue weighted by molar-refractivity contribution is 6.30. The predicted molar refractivity (Wildman–Crippen MR) is 127 cm³/mol. The molecule has 6 nitrogen and oxygen atoms in total. The summed E-state index contributed by atoms with van der Waals surface area (Å²) < 4.78 is 12.1. The second-order valence-electron chi connectivity index (χ2n) is 9.84. The summed E-state index contributed by atoms with van der Waals surface area (Å²) in [4.78, 5) is 31.8. The summed E-state index contributed by atoms with van der Waals surface area (Å²) in [6, 6.07) is 10.8. The lowest BCUT2D eigenvalue weighted by atomic mass is 9.77. The molecular weight excluding hydrogens is 452 g/mol. The normalized spacial score (nSPS) is 28.1. The van der Waals surface area contributed by atoms with Crippen molar-refractivity contribution in [2.75, 3.05) is 19.6 Å². The summed E-state index contributed by atoms with van der Waals surface area (Å²) in [6.45, 7) is 2.36. The van der Waals surface area contributed by atoms with Crippen LogP contribution in [0.3, 0.4) is 0 Å². The minimum atomic E-state index is -0.477. The molecule has 4 atom stereocenters. The van der Waals surface area contributed by atoms with Crippen LogP contribution in [0.25, 0.3) is 0 Å². The number of rotatable bonds is 5. The topological polar surface area (TPSA) is 63.0 Å². The number of hydrogen-bond acceptors (Lipinski definition) is 5. The van der Waals surface area contributed by atoms with E-state index in [1.807, 2.05) is 41.3 Å². The Bertz CT molecular complexity index is 1100. The molecule has 3 aliphatic heterocycles. The zero-order valence-electron chi connectivity index (χ0n) is 19.1. The third kappa shape index (κ3) is 3.68. The van der Waals surface area contributed by atoms with Gasteiger partial charge in [0, 0.05) is 11.6 Å². The van der Waals surface area contributed by atoms with Gasteiger partial charge < -0.3 is 14.1 Å². The van der Waals surface area contributed by atoms with Crippen LogP contribution in [0.4, 0.5) is 0 Å². The van der Waals surface area contributed by atoms with Crippen molar-refractivity contribution in [3.8, 4) is 0 Å². The van der Waals surface area contributed by atoms with Crippen molar-refractivity contribution >= 4 is 23.3 Å². The van der Waals surface area contributed by atoms with Crippen LogP contribution in [0.15, 0.2) is 58.4 Å².